The summed E-state index contributed by atoms with van der Waals surface area (Å²) in [5.74, 6) is 0.390. The van der Waals surface area contributed by atoms with E-state index in [1.54, 1.807) is 12.1 Å². The predicted octanol–water partition coefficient (Wildman–Crippen LogP) is 2.28. The van der Waals surface area contributed by atoms with Crippen molar-refractivity contribution in [2.24, 2.45) is 0 Å². The Hall–Kier alpha value is -1.62. The standard InChI is InChI=1S/C14H17NO3S/c1-2-8-19(17,18)9-7-15-6-5-13-10-12(11-16)3-4-14(13)15/h3-6,10-11H,2,7-9H2,1H3. The van der Waals surface area contributed by atoms with Gasteiger partial charge in [-0.3, -0.25) is 4.79 Å². The third-order valence-electron chi connectivity index (χ3n) is 3.09. The molecule has 19 heavy (non-hydrogen) atoms. The summed E-state index contributed by atoms with van der Waals surface area (Å²) in [6, 6.07) is 7.30. The Bertz CT molecular complexity index is 686. The van der Waals surface area contributed by atoms with Gasteiger partial charge in [0.15, 0.2) is 9.84 Å². The van der Waals surface area contributed by atoms with Crippen LogP contribution >= 0.6 is 0 Å². The molecule has 0 spiro atoms. The molecule has 0 fully saturated rings. The maximum Gasteiger partial charge on any atom is 0.152 e. The lowest BCUT2D eigenvalue weighted by Gasteiger charge is -2.06. The highest BCUT2D eigenvalue weighted by Gasteiger charge is 2.10. The molecule has 4 nitrogen and oxygen atoms in total. The first kappa shape index (κ1) is 13.8. The molecule has 0 amide bonds. The summed E-state index contributed by atoms with van der Waals surface area (Å²) in [4.78, 5) is 10.7. The van der Waals surface area contributed by atoms with Crippen molar-refractivity contribution in [2.45, 2.75) is 19.9 Å². The Morgan fingerprint density at radius 2 is 2.00 bits per heavy atom. The van der Waals surface area contributed by atoms with E-state index in [1.165, 1.54) is 0 Å². The topological polar surface area (TPSA) is 56.1 Å². The maximum atomic E-state index is 11.7. The molecule has 0 bridgehead atoms. The molecule has 1 heterocycles. The molecule has 0 aliphatic heterocycles. The molecule has 0 atom stereocenters. The predicted molar refractivity (Wildman–Crippen MR) is 76.3 cm³/mol. The number of nitrogens with zero attached hydrogens (tertiary/aromatic N) is 1. The van der Waals surface area contributed by atoms with E-state index in [4.69, 9.17) is 0 Å². The van der Waals surface area contributed by atoms with E-state index in [9.17, 15) is 13.2 Å². The highest BCUT2D eigenvalue weighted by Crippen LogP contribution is 2.17. The molecule has 0 N–H and O–H groups in total. The average Bonchev–Trinajstić information content (AvgIpc) is 2.78. The molecule has 0 saturated heterocycles. The third kappa shape index (κ3) is 3.23. The molecule has 0 radical (unpaired) electrons. The fourth-order valence-corrected chi connectivity index (χ4v) is 3.44. The lowest BCUT2D eigenvalue weighted by atomic mass is 10.2. The first-order valence-electron chi connectivity index (χ1n) is 6.30. The summed E-state index contributed by atoms with van der Waals surface area (Å²) in [6.07, 6.45) is 3.32. The van der Waals surface area contributed by atoms with E-state index in [1.807, 2.05) is 29.8 Å². The highest BCUT2D eigenvalue weighted by molar-refractivity contribution is 7.91. The van der Waals surface area contributed by atoms with Gasteiger partial charge in [0, 0.05) is 35.0 Å². The Morgan fingerprint density at radius 3 is 2.68 bits per heavy atom. The van der Waals surface area contributed by atoms with Gasteiger partial charge in [0.25, 0.3) is 0 Å². The Labute approximate surface area is 113 Å². The van der Waals surface area contributed by atoms with Crippen LogP contribution in [0.15, 0.2) is 30.5 Å². The molecule has 1 aromatic heterocycles. The van der Waals surface area contributed by atoms with Gasteiger partial charge in [0.2, 0.25) is 0 Å². The van der Waals surface area contributed by atoms with Crippen molar-refractivity contribution < 1.29 is 13.2 Å². The second-order valence-corrected chi connectivity index (χ2v) is 6.90. The van der Waals surface area contributed by atoms with Crippen LogP contribution in [0.25, 0.3) is 10.9 Å². The number of rotatable bonds is 6. The minimum Gasteiger partial charge on any atom is -0.346 e. The van der Waals surface area contributed by atoms with E-state index >= 15 is 0 Å². The zero-order chi connectivity index (χ0) is 13.9. The number of carbonyl (C=O) groups excluding carboxylic acids is 1. The number of carbonyl (C=O) groups is 1. The van der Waals surface area contributed by atoms with E-state index in [0.29, 0.717) is 18.5 Å². The average molecular weight is 279 g/mol. The van der Waals surface area contributed by atoms with Crippen LogP contribution in [0.3, 0.4) is 0 Å². The van der Waals surface area contributed by atoms with Crippen LogP contribution in [-0.4, -0.2) is 30.8 Å². The van der Waals surface area contributed by atoms with E-state index < -0.39 is 9.84 Å². The SMILES string of the molecule is CCCS(=O)(=O)CCn1ccc2cc(C=O)ccc21. The molecule has 0 aliphatic rings. The molecular weight excluding hydrogens is 262 g/mol. The van der Waals surface area contributed by atoms with Crippen LogP contribution in [0.2, 0.25) is 0 Å². The molecule has 5 heteroatoms. The summed E-state index contributed by atoms with van der Waals surface area (Å²) in [5, 5.41) is 0.956. The van der Waals surface area contributed by atoms with E-state index in [-0.39, 0.29) is 11.5 Å². The van der Waals surface area contributed by atoms with Gasteiger partial charge in [-0.2, -0.15) is 0 Å². The smallest absolute Gasteiger partial charge is 0.152 e. The number of aromatic nitrogens is 1. The molecule has 0 aliphatic carbocycles. The first-order chi connectivity index (χ1) is 9.05. The van der Waals surface area contributed by atoms with Crippen molar-refractivity contribution >= 4 is 27.0 Å². The lowest BCUT2D eigenvalue weighted by molar-refractivity contribution is 0.112. The minimum absolute atomic E-state index is 0.153. The Morgan fingerprint density at radius 1 is 1.21 bits per heavy atom. The number of aldehydes is 1. The van der Waals surface area contributed by atoms with Crippen LogP contribution in [0, 0.1) is 0 Å². The number of benzene rings is 1. The van der Waals surface area contributed by atoms with E-state index in [0.717, 1.165) is 17.2 Å². The number of sulfone groups is 1. The van der Waals surface area contributed by atoms with Crippen molar-refractivity contribution in [1.82, 2.24) is 4.57 Å². The molecule has 0 unspecified atom stereocenters. The van der Waals surface area contributed by atoms with Gasteiger partial charge in [0.05, 0.1) is 5.75 Å². The minimum atomic E-state index is -2.97. The maximum absolute atomic E-state index is 11.7. The molecule has 2 rings (SSSR count). The third-order valence-corrected chi connectivity index (χ3v) is 4.92. The Kier molecular flexibility index (Phi) is 4.04. The van der Waals surface area contributed by atoms with Gasteiger partial charge in [-0.05, 0) is 30.7 Å². The van der Waals surface area contributed by atoms with Crippen LogP contribution in [-0.2, 0) is 16.4 Å². The summed E-state index contributed by atoms with van der Waals surface area (Å²) in [5.41, 5.74) is 1.58. The van der Waals surface area contributed by atoms with Crippen LogP contribution in [0.1, 0.15) is 23.7 Å². The monoisotopic (exact) mass is 279 g/mol. The molecule has 1 aromatic carbocycles. The van der Waals surface area contributed by atoms with Gasteiger partial charge < -0.3 is 4.57 Å². The largest absolute Gasteiger partial charge is 0.346 e. The summed E-state index contributed by atoms with van der Waals surface area (Å²) >= 11 is 0. The zero-order valence-corrected chi connectivity index (χ0v) is 11.7. The van der Waals surface area contributed by atoms with Crippen molar-refractivity contribution in [3.63, 3.8) is 0 Å². The Balaban J connectivity index is 2.20. The molecular formula is C14H17NO3S. The number of hydrogen-bond acceptors (Lipinski definition) is 3. The second kappa shape index (κ2) is 5.57. The first-order valence-corrected chi connectivity index (χ1v) is 8.12. The summed E-state index contributed by atoms with van der Waals surface area (Å²) in [7, 11) is -2.97. The number of fused-ring (bicyclic) bond motifs is 1. The summed E-state index contributed by atoms with van der Waals surface area (Å²) < 4.78 is 25.3. The van der Waals surface area contributed by atoms with Gasteiger partial charge in [-0.15, -0.1) is 0 Å². The van der Waals surface area contributed by atoms with Crippen molar-refractivity contribution in [3.05, 3.63) is 36.0 Å². The quantitative estimate of drug-likeness (QED) is 0.762. The van der Waals surface area contributed by atoms with Crippen molar-refractivity contribution in [1.29, 1.82) is 0 Å². The van der Waals surface area contributed by atoms with Crippen molar-refractivity contribution in [2.75, 3.05) is 11.5 Å². The van der Waals surface area contributed by atoms with Gasteiger partial charge in [-0.25, -0.2) is 8.42 Å². The molecule has 0 saturated carbocycles. The van der Waals surface area contributed by atoms with Gasteiger partial charge in [-0.1, -0.05) is 6.92 Å². The van der Waals surface area contributed by atoms with Gasteiger partial charge in [0.1, 0.15) is 6.29 Å². The van der Waals surface area contributed by atoms with Crippen LogP contribution in [0.4, 0.5) is 0 Å². The zero-order valence-electron chi connectivity index (χ0n) is 10.9. The summed E-state index contributed by atoms with van der Waals surface area (Å²) in [6.45, 7) is 2.32. The van der Waals surface area contributed by atoms with Crippen LogP contribution < -0.4 is 0 Å². The van der Waals surface area contributed by atoms with Gasteiger partial charge >= 0.3 is 0 Å². The highest BCUT2D eigenvalue weighted by atomic mass is 32.2. The molecule has 102 valence electrons. The number of hydrogen-bond donors (Lipinski definition) is 0. The fraction of sp³-hybridized carbons (Fsp3) is 0.357. The number of aryl methyl sites for hydroxylation is 1. The normalized spacial score (nSPS) is 11.8. The second-order valence-electron chi connectivity index (χ2n) is 4.60. The fourth-order valence-electron chi connectivity index (χ4n) is 2.14. The molecule has 2 aromatic rings. The van der Waals surface area contributed by atoms with E-state index in [2.05, 4.69) is 0 Å². The van der Waals surface area contributed by atoms with Crippen molar-refractivity contribution in [3.8, 4) is 0 Å². The lowest BCUT2D eigenvalue weighted by Crippen LogP contribution is -2.15. The van der Waals surface area contributed by atoms with Crippen LogP contribution in [0.5, 0.6) is 0 Å².